The summed E-state index contributed by atoms with van der Waals surface area (Å²) in [4.78, 5) is 2.94. The number of nitrogens with one attached hydrogen (secondary N) is 1. The van der Waals surface area contributed by atoms with Crippen molar-refractivity contribution in [2.75, 3.05) is 5.73 Å². The van der Waals surface area contributed by atoms with Gasteiger partial charge in [-0.3, -0.25) is 0 Å². The summed E-state index contributed by atoms with van der Waals surface area (Å²) in [6, 6.07) is 1.84. The maximum absolute atomic E-state index is 5.41. The summed E-state index contributed by atoms with van der Waals surface area (Å²) < 4.78 is 0. The first-order chi connectivity index (χ1) is 4.30. The minimum Gasteiger partial charge on any atom is -0.397 e. The standard InChI is InChI=1S/C5H8N2.C2H6/c1-4-5(6)2-3-7-4;1-2/h2-3,7H,6H2,1H3;1-2H3. The number of aromatic nitrogens is 1. The number of nitrogen functional groups attached to an aromatic ring is 1. The molecule has 1 heterocycles. The lowest BCUT2D eigenvalue weighted by molar-refractivity contribution is 1.27. The molecule has 0 spiro atoms. The topological polar surface area (TPSA) is 41.8 Å². The largest absolute Gasteiger partial charge is 0.397 e. The second-order valence-corrected chi connectivity index (χ2v) is 1.56. The van der Waals surface area contributed by atoms with Gasteiger partial charge in [-0.05, 0) is 13.0 Å². The molecular formula is C7H14N2. The Balaban J connectivity index is 0.000000291. The number of hydrogen-bond donors (Lipinski definition) is 2. The van der Waals surface area contributed by atoms with Gasteiger partial charge in [0, 0.05) is 11.9 Å². The Morgan fingerprint density at radius 2 is 2.00 bits per heavy atom. The molecule has 3 N–H and O–H groups in total. The van der Waals surface area contributed by atoms with Crippen molar-refractivity contribution in [3.05, 3.63) is 18.0 Å². The molecule has 0 saturated carbocycles. The molecule has 1 aromatic rings. The van der Waals surface area contributed by atoms with Crippen molar-refractivity contribution < 1.29 is 0 Å². The van der Waals surface area contributed by atoms with Crippen LogP contribution >= 0.6 is 0 Å². The Labute approximate surface area is 56.1 Å². The van der Waals surface area contributed by atoms with E-state index < -0.39 is 0 Å². The normalized spacial score (nSPS) is 7.89. The van der Waals surface area contributed by atoms with Gasteiger partial charge in [-0.15, -0.1) is 0 Å². The van der Waals surface area contributed by atoms with Crippen LogP contribution in [0.4, 0.5) is 5.69 Å². The molecule has 0 atom stereocenters. The Morgan fingerprint density at radius 3 is 2.11 bits per heavy atom. The van der Waals surface area contributed by atoms with Gasteiger partial charge in [0.1, 0.15) is 0 Å². The minimum atomic E-state index is 0.833. The fourth-order valence-corrected chi connectivity index (χ4v) is 0.465. The molecule has 0 amide bonds. The lowest BCUT2D eigenvalue weighted by Gasteiger charge is -1.82. The van der Waals surface area contributed by atoms with E-state index >= 15 is 0 Å². The summed E-state index contributed by atoms with van der Waals surface area (Å²) in [7, 11) is 0. The molecule has 52 valence electrons. The van der Waals surface area contributed by atoms with Crippen molar-refractivity contribution in [1.82, 2.24) is 4.98 Å². The van der Waals surface area contributed by atoms with E-state index in [1.165, 1.54) is 0 Å². The summed E-state index contributed by atoms with van der Waals surface area (Å²) >= 11 is 0. The number of hydrogen-bond acceptors (Lipinski definition) is 1. The monoisotopic (exact) mass is 126 g/mol. The highest BCUT2D eigenvalue weighted by Crippen LogP contribution is 2.03. The molecule has 1 rings (SSSR count). The number of aryl methyl sites for hydroxylation is 1. The molecule has 0 bridgehead atoms. The summed E-state index contributed by atoms with van der Waals surface area (Å²) in [5.74, 6) is 0. The highest BCUT2D eigenvalue weighted by molar-refractivity contribution is 5.41. The van der Waals surface area contributed by atoms with E-state index in [0.29, 0.717) is 0 Å². The Hall–Kier alpha value is -0.920. The van der Waals surface area contributed by atoms with Crippen molar-refractivity contribution in [2.45, 2.75) is 20.8 Å². The van der Waals surface area contributed by atoms with Gasteiger partial charge in [0.2, 0.25) is 0 Å². The number of nitrogens with two attached hydrogens (primary N) is 1. The predicted octanol–water partition coefficient (Wildman–Crippen LogP) is 1.93. The second-order valence-electron chi connectivity index (χ2n) is 1.56. The molecule has 0 aromatic carbocycles. The van der Waals surface area contributed by atoms with E-state index in [4.69, 9.17) is 5.73 Å². The van der Waals surface area contributed by atoms with E-state index in [1.807, 2.05) is 33.0 Å². The molecule has 0 radical (unpaired) electrons. The van der Waals surface area contributed by atoms with Gasteiger partial charge < -0.3 is 10.7 Å². The maximum Gasteiger partial charge on any atom is 0.0521 e. The number of aromatic amines is 1. The molecule has 2 nitrogen and oxygen atoms in total. The molecule has 0 unspecified atom stereocenters. The van der Waals surface area contributed by atoms with Crippen molar-refractivity contribution >= 4 is 5.69 Å². The van der Waals surface area contributed by atoms with Crippen LogP contribution < -0.4 is 5.73 Å². The summed E-state index contributed by atoms with van der Waals surface area (Å²) in [6.07, 6.45) is 1.82. The quantitative estimate of drug-likeness (QED) is 0.548. The van der Waals surface area contributed by atoms with E-state index in [0.717, 1.165) is 11.4 Å². The molecule has 0 aliphatic heterocycles. The van der Waals surface area contributed by atoms with Crippen LogP contribution in [0.3, 0.4) is 0 Å². The fraction of sp³-hybridized carbons (Fsp3) is 0.429. The van der Waals surface area contributed by atoms with E-state index in [2.05, 4.69) is 4.98 Å². The molecule has 2 heteroatoms. The summed E-state index contributed by atoms with van der Waals surface area (Å²) in [5.41, 5.74) is 7.28. The van der Waals surface area contributed by atoms with Crippen LogP contribution in [0.1, 0.15) is 19.5 Å². The van der Waals surface area contributed by atoms with Gasteiger partial charge in [0.05, 0.1) is 5.69 Å². The van der Waals surface area contributed by atoms with Crippen molar-refractivity contribution in [3.8, 4) is 0 Å². The molecule has 0 aliphatic rings. The highest BCUT2D eigenvalue weighted by Gasteiger charge is 1.86. The average molecular weight is 126 g/mol. The summed E-state index contributed by atoms with van der Waals surface area (Å²) in [5, 5.41) is 0. The van der Waals surface area contributed by atoms with Crippen LogP contribution in [-0.4, -0.2) is 4.98 Å². The first-order valence-corrected chi connectivity index (χ1v) is 3.20. The zero-order valence-electron chi connectivity index (χ0n) is 6.23. The number of H-pyrrole nitrogens is 1. The van der Waals surface area contributed by atoms with Gasteiger partial charge in [-0.2, -0.15) is 0 Å². The Bertz CT molecular complexity index is 139. The number of rotatable bonds is 0. The smallest absolute Gasteiger partial charge is 0.0521 e. The maximum atomic E-state index is 5.41. The van der Waals surface area contributed by atoms with Crippen molar-refractivity contribution in [2.24, 2.45) is 0 Å². The van der Waals surface area contributed by atoms with Crippen LogP contribution in [-0.2, 0) is 0 Å². The van der Waals surface area contributed by atoms with Gasteiger partial charge in [0.25, 0.3) is 0 Å². The van der Waals surface area contributed by atoms with Crippen molar-refractivity contribution in [3.63, 3.8) is 0 Å². The van der Waals surface area contributed by atoms with E-state index in [-0.39, 0.29) is 0 Å². The molecule has 1 aromatic heterocycles. The lowest BCUT2D eigenvalue weighted by Crippen LogP contribution is -1.82. The number of anilines is 1. The van der Waals surface area contributed by atoms with Gasteiger partial charge in [-0.25, -0.2) is 0 Å². The third-order valence-electron chi connectivity index (χ3n) is 0.996. The Kier molecular flexibility index (Phi) is 3.60. The fourth-order valence-electron chi connectivity index (χ4n) is 0.465. The molecule has 9 heavy (non-hydrogen) atoms. The van der Waals surface area contributed by atoms with Crippen molar-refractivity contribution in [1.29, 1.82) is 0 Å². The average Bonchev–Trinajstić information content (AvgIpc) is 2.23. The predicted molar refractivity (Wildman–Crippen MR) is 41.3 cm³/mol. The zero-order chi connectivity index (χ0) is 7.28. The third kappa shape index (κ3) is 2.22. The van der Waals surface area contributed by atoms with Crippen LogP contribution in [0.15, 0.2) is 12.3 Å². The minimum absolute atomic E-state index is 0.833. The third-order valence-corrected chi connectivity index (χ3v) is 0.996. The van der Waals surface area contributed by atoms with Crippen LogP contribution in [0.5, 0.6) is 0 Å². The molecule has 0 saturated heterocycles. The van der Waals surface area contributed by atoms with Gasteiger partial charge in [-0.1, -0.05) is 13.8 Å². The van der Waals surface area contributed by atoms with E-state index in [9.17, 15) is 0 Å². The van der Waals surface area contributed by atoms with Gasteiger partial charge in [0.15, 0.2) is 0 Å². The lowest BCUT2D eigenvalue weighted by atomic mass is 10.4. The molecule has 0 aliphatic carbocycles. The van der Waals surface area contributed by atoms with Crippen LogP contribution in [0.2, 0.25) is 0 Å². The van der Waals surface area contributed by atoms with Crippen LogP contribution in [0, 0.1) is 6.92 Å². The zero-order valence-corrected chi connectivity index (χ0v) is 6.23. The summed E-state index contributed by atoms with van der Waals surface area (Å²) in [6.45, 7) is 5.94. The molecule has 0 fully saturated rings. The van der Waals surface area contributed by atoms with Gasteiger partial charge >= 0.3 is 0 Å². The second kappa shape index (κ2) is 4.01. The first kappa shape index (κ1) is 8.08. The Morgan fingerprint density at radius 1 is 1.44 bits per heavy atom. The van der Waals surface area contributed by atoms with E-state index in [1.54, 1.807) is 0 Å². The SMILES string of the molecule is CC.Cc1[nH]ccc1N. The molecular weight excluding hydrogens is 112 g/mol. The first-order valence-electron chi connectivity index (χ1n) is 3.20. The highest BCUT2D eigenvalue weighted by atomic mass is 14.7. The van der Waals surface area contributed by atoms with Crippen LogP contribution in [0.25, 0.3) is 0 Å².